The van der Waals surface area contributed by atoms with Crippen molar-refractivity contribution in [2.24, 2.45) is 11.8 Å². The first-order valence-corrected chi connectivity index (χ1v) is 12.1. The Balaban J connectivity index is 1.28. The van der Waals surface area contributed by atoms with E-state index < -0.39 is 23.4 Å². The lowest BCUT2D eigenvalue weighted by Crippen LogP contribution is -2.40. The minimum atomic E-state index is -0.526. The van der Waals surface area contributed by atoms with Crippen LogP contribution in [0.25, 0.3) is 11.1 Å². The van der Waals surface area contributed by atoms with Gasteiger partial charge >= 0.3 is 6.09 Å². The number of carbonyl (C=O) groups excluding carboxylic acids is 2. The van der Waals surface area contributed by atoms with Crippen LogP contribution in [-0.2, 0) is 21.4 Å². The molecule has 1 saturated carbocycles. The molecule has 4 aliphatic rings. The summed E-state index contributed by atoms with van der Waals surface area (Å²) >= 11 is 1.88. The Kier molecular flexibility index (Phi) is 4.46. The Morgan fingerprint density at radius 2 is 2.18 bits per heavy atom. The number of halogens is 1. The second kappa shape index (κ2) is 7.19. The fraction of sp³-hybridized carbons (Fsp3) is 0.417. The Morgan fingerprint density at radius 3 is 2.85 bits per heavy atom. The highest BCUT2D eigenvalue weighted by Gasteiger charge is 2.69. The van der Waals surface area contributed by atoms with Gasteiger partial charge in [0.2, 0.25) is 5.91 Å². The van der Waals surface area contributed by atoms with E-state index in [2.05, 4.69) is 16.4 Å². The summed E-state index contributed by atoms with van der Waals surface area (Å²) in [7, 11) is 0. The van der Waals surface area contributed by atoms with Crippen LogP contribution in [0.2, 0.25) is 0 Å². The van der Waals surface area contributed by atoms with Gasteiger partial charge in [-0.1, -0.05) is 6.07 Å². The van der Waals surface area contributed by atoms with Crippen LogP contribution >= 0.6 is 11.8 Å². The van der Waals surface area contributed by atoms with Gasteiger partial charge in [0.25, 0.3) is 0 Å². The van der Waals surface area contributed by atoms with Gasteiger partial charge < -0.3 is 10.1 Å². The van der Waals surface area contributed by atoms with Crippen molar-refractivity contribution in [3.05, 3.63) is 47.5 Å². The minimum absolute atomic E-state index is 0.198. The van der Waals surface area contributed by atoms with Crippen molar-refractivity contribution in [3.8, 4) is 17.2 Å². The molecular weight excluding hydrogens is 443 g/mol. The van der Waals surface area contributed by atoms with E-state index >= 15 is 4.39 Å². The van der Waals surface area contributed by atoms with Crippen LogP contribution in [0.4, 0.5) is 14.9 Å². The second-order valence-electron chi connectivity index (χ2n) is 9.12. The summed E-state index contributed by atoms with van der Waals surface area (Å²) in [5, 5.41) is 12.5. The standard InChI is InChI=1S/C24H21FN4O3S/c1-12(30)27-8-21-20-5-14-4-15(18(25)6-19(14)29(20)23(31)32-21)13-2-3-22(28-7-13)24(11-26)16-9-33-10-17(16)24/h2-4,6-7,16-17,20-21H,5,8-10H2,1H3,(H,27,30)/t16-,17+,20-,21-,24+/m0/s1. The summed E-state index contributed by atoms with van der Waals surface area (Å²) in [5.74, 6) is 2.06. The van der Waals surface area contributed by atoms with E-state index in [1.807, 2.05) is 23.9 Å². The van der Waals surface area contributed by atoms with E-state index in [0.29, 0.717) is 35.1 Å². The Hall–Kier alpha value is -3.12. The molecular formula is C24H21FN4O3S. The summed E-state index contributed by atoms with van der Waals surface area (Å²) in [6.45, 7) is 1.63. The molecule has 2 saturated heterocycles. The number of nitrogens with one attached hydrogen (secondary N) is 1. The molecule has 4 heterocycles. The highest BCUT2D eigenvalue weighted by Crippen LogP contribution is 2.65. The molecule has 1 aromatic heterocycles. The van der Waals surface area contributed by atoms with E-state index in [4.69, 9.17) is 4.74 Å². The largest absolute Gasteiger partial charge is 0.442 e. The van der Waals surface area contributed by atoms with Crippen molar-refractivity contribution in [1.29, 1.82) is 5.26 Å². The number of amides is 2. The zero-order valence-electron chi connectivity index (χ0n) is 17.9. The van der Waals surface area contributed by atoms with Gasteiger partial charge in [-0.3, -0.25) is 14.7 Å². The highest BCUT2D eigenvalue weighted by atomic mass is 32.2. The monoisotopic (exact) mass is 464 g/mol. The molecule has 5 atom stereocenters. The third kappa shape index (κ3) is 2.90. The molecule has 7 nitrogen and oxygen atoms in total. The van der Waals surface area contributed by atoms with Crippen LogP contribution in [0.5, 0.6) is 0 Å². The number of pyridine rings is 1. The predicted octanol–water partition coefficient (Wildman–Crippen LogP) is 3.03. The van der Waals surface area contributed by atoms with Gasteiger partial charge in [-0.25, -0.2) is 9.18 Å². The molecule has 0 spiro atoms. The van der Waals surface area contributed by atoms with Crippen molar-refractivity contribution in [1.82, 2.24) is 10.3 Å². The maximum Gasteiger partial charge on any atom is 0.415 e. The Morgan fingerprint density at radius 1 is 1.39 bits per heavy atom. The number of benzene rings is 1. The zero-order chi connectivity index (χ0) is 22.9. The molecule has 3 aliphatic heterocycles. The highest BCUT2D eigenvalue weighted by molar-refractivity contribution is 7.99. The first-order valence-electron chi connectivity index (χ1n) is 11.0. The summed E-state index contributed by atoms with van der Waals surface area (Å²) in [6.07, 6.45) is 1.15. The van der Waals surface area contributed by atoms with Gasteiger partial charge in [-0.05, 0) is 53.5 Å². The third-order valence-electron chi connectivity index (χ3n) is 7.44. The van der Waals surface area contributed by atoms with Crippen LogP contribution in [-0.4, -0.2) is 47.2 Å². The number of carbonyl (C=O) groups is 2. The van der Waals surface area contributed by atoms with E-state index in [0.717, 1.165) is 22.8 Å². The van der Waals surface area contributed by atoms with Gasteiger partial charge in [0.05, 0.1) is 30.0 Å². The number of hydrogen-bond acceptors (Lipinski definition) is 6. The number of ether oxygens (including phenoxy) is 1. The maximum absolute atomic E-state index is 15.1. The van der Waals surface area contributed by atoms with Crippen LogP contribution in [0.1, 0.15) is 18.2 Å². The number of cyclic esters (lactones) is 1. The molecule has 168 valence electrons. The molecule has 3 fully saturated rings. The molecule has 0 unspecified atom stereocenters. The van der Waals surface area contributed by atoms with Crippen LogP contribution in [0.3, 0.4) is 0 Å². The van der Waals surface area contributed by atoms with Gasteiger partial charge in [-0.15, -0.1) is 0 Å². The maximum atomic E-state index is 15.1. The van der Waals surface area contributed by atoms with Crippen LogP contribution in [0, 0.1) is 29.0 Å². The summed E-state index contributed by atoms with van der Waals surface area (Å²) < 4.78 is 20.5. The number of hydrogen-bond donors (Lipinski definition) is 1. The number of aromatic nitrogens is 1. The van der Waals surface area contributed by atoms with E-state index in [1.54, 1.807) is 12.3 Å². The number of fused-ring (bicyclic) bond motifs is 4. The lowest BCUT2D eigenvalue weighted by atomic mass is 9.96. The molecule has 1 aliphatic carbocycles. The third-order valence-corrected chi connectivity index (χ3v) is 8.63. The first kappa shape index (κ1) is 20.5. The predicted molar refractivity (Wildman–Crippen MR) is 120 cm³/mol. The van der Waals surface area contributed by atoms with Crippen molar-refractivity contribution in [2.45, 2.75) is 30.9 Å². The Labute approximate surface area is 194 Å². The Bertz CT molecular complexity index is 1220. The zero-order valence-corrected chi connectivity index (χ0v) is 18.7. The lowest BCUT2D eigenvalue weighted by molar-refractivity contribution is -0.119. The molecule has 2 amide bonds. The normalized spacial score (nSPS) is 30.8. The van der Waals surface area contributed by atoms with Crippen LogP contribution in [0.15, 0.2) is 30.5 Å². The van der Waals surface area contributed by atoms with Crippen molar-refractivity contribution >= 4 is 29.4 Å². The molecule has 6 rings (SSSR count). The van der Waals surface area contributed by atoms with Gasteiger partial charge in [0, 0.05) is 24.2 Å². The molecule has 2 aromatic rings. The van der Waals surface area contributed by atoms with Crippen molar-refractivity contribution < 1.29 is 18.7 Å². The number of nitrogens with zero attached hydrogens (tertiary/aromatic N) is 3. The van der Waals surface area contributed by atoms with E-state index in [1.165, 1.54) is 17.9 Å². The molecule has 0 radical (unpaired) electrons. The summed E-state index contributed by atoms with van der Waals surface area (Å²) in [4.78, 5) is 29.7. The average Bonchev–Trinajstić information content (AvgIpc) is 3.19. The fourth-order valence-corrected chi connectivity index (χ4v) is 7.32. The fourth-order valence-electron chi connectivity index (χ4n) is 5.69. The van der Waals surface area contributed by atoms with Gasteiger partial charge in [0.15, 0.2) is 0 Å². The van der Waals surface area contributed by atoms with Crippen LogP contribution < -0.4 is 10.2 Å². The van der Waals surface area contributed by atoms with E-state index in [-0.39, 0.29) is 18.5 Å². The molecule has 1 aromatic carbocycles. The van der Waals surface area contributed by atoms with Gasteiger partial charge in [0.1, 0.15) is 17.3 Å². The van der Waals surface area contributed by atoms with Gasteiger partial charge in [-0.2, -0.15) is 17.0 Å². The minimum Gasteiger partial charge on any atom is -0.442 e. The van der Waals surface area contributed by atoms with Crippen molar-refractivity contribution in [3.63, 3.8) is 0 Å². The average molecular weight is 465 g/mol. The van der Waals surface area contributed by atoms with Crippen molar-refractivity contribution in [2.75, 3.05) is 23.0 Å². The molecule has 9 heteroatoms. The lowest BCUT2D eigenvalue weighted by Gasteiger charge is -2.16. The number of thioether (sulfide) groups is 1. The summed E-state index contributed by atoms with van der Waals surface area (Å²) in [5.41, 5.74) is 2.69. The quantitative estimate of drug-likeness (QED) is 0.748. The second-order valence-corrected chi connectivity index (χ2v) is 10.2. The number of nitriles is 1. The number of anilines is 1. The molecule has 0 bridgehead atoms. The smallest absolute Gasteiger partial charge is 0.415 e. The topological polar surface area (TPSA) is 95.3 Å². The SMILES string of the molecule is CC(=O)NC[C@@H]1OC(=O)N2c3cc(F)c(-c4ccc([C@@]5(C#N)[C@@H]6CSC[C@@H]65)nc4)cc3C[C@@H]12. The number of rotatable bonds is 4. The summed E-state index contributed by atoms with van der Waals surface area (Å²) in [6, 6.07) is 9.05. The molecule has 33 heavy (non-hydrogen) atoms. The van der Waals surface area contributed by atoms with E-state index in [9.17, 15) is 14.9 Å². The first-order chi connectivity index (χ1) is 15.9. The molecule has 1 N–H and O–H groups in total.